The van der Waals surface area contributed by atoms with Gasteiger partial charge in [0, 0.05) is 47.8 Å². The number of carbonyl (C=O) groups excluding carboxylic acids is 1. The van der Waals surface area contributed by atoms with Crippen LogP contribution in [0.3, 0.4) is 0 Å². The maximum atomic E-state index is 12.4. The van der Waals surface area contributed by atoms with E-state index in [-0.39, 0.29) is 5.91 Å². The molecule has 0 aliphatic rings. The molecule has 0 fully saturated rings. The smallest absolute Gasteiger partial charge is 0.228 e. The van der Waals surface area contributed by atoms with Crippen LogP contribution in [0.25, 0.3) is 10.6 Å². The molecule has 0 N–H and O–H groups in total. The third-order valence-corrected chi connectivity index (χ3v) is 4.99. The maximum absolute atomic E-state index is 12.4. The van der Waals surface area contributed by atoms with Crippen molar-refractivity contribution in [1.29, 1.82) is 0 Å². The minimum Gasteiger partial charge on any atom is -0.341 e. The van der Waals surface area contributed by atoms with Crippen LogP contribution in [0.15, 0.2) is 46.5 Å². The van der Waals surface area contributed by atoms with Gasteiger partial charge in [-0.25, -0.2) is 4.98 Å². The van der Waals surface area contributed by atoms with Crippen molar-refractivity contribution in [2.45, 2.75) is 13.0 Å². The van der Waals surface area contributed by atoms with Gasteiger partial charge in [0.05, 0.1) is 18.3 Å². The van der Waals surface area contributed by atoms with Crippen LogP contribution in [0, 0.1) is 0 Å². The number of halogens is 1. The van der Waals surface area contributed by atoms with Gasteiger partial charge in [-0.1, -0.05) is 28.1 Å². The zero-order valence-corrected chi connectivity index (χ0v) is 15.8. The van der Waals surface area contributed by atoms with Gasteiger partial charge in [-0.3, -0.25) is 9.48 Å². The second-order valence-electron chi connectivity index (χ2n) is 5.60. The van der Waals surface area contributed by atoms with Gasteiger partial charge < -0.3 is 4.90 Å². The topological polar surface area (TPSA) is 51.0 Å². The molecule has 0 aliphatic carbocycles. The molecule has 0 aliphatic heterocycles. The summed E-state index contributed by atoms with van der Waals surface area (Å²) in [6.07, 6.45) is 4.00. The highest BCUT2D eigenvalue weighted by atomic mass is 79.9. The van der Waals surface area contributed by atoms with Crippen molar-refractivity contribution in [3.05, 3.63) is 57.8 Å². The van der Waals surface area contributed by atoms with Crippen LogP contribution in [-0.4, -0.2) is 32.6 Å². The molecule has 2 aromatic heterocycles. The van der Waals surface area contributed by atoms with Gasteiger partial charge >= 0.3 is 0 Å². The molecule has 0 saturated heterocycles. The summed E-state index contributed by atoms with van der Waals surface area (Å²) < 4.78 is 2.75. The largest absolute Gasteiger partial charge is 0.341 e. The average Bonchev–Trinajstić information content (AvgIpc) is 3.16. The van der Waals surface area contributed by atoms with E-state index in [0.717, 1.165) is 26.3 Å². The van der Waals surface area contributed by atoms with Crippen LogP contribution in [-0.2, 0) is 24.8 Å². The summed E-state index contributed by atoms with van der Waals surface area (Å²) in [7, 11) is 3.67. The second kappa shape index (κ2) is 7.27. The number of aryl methyl sites for hydroxylation is 1. The molecule has 124 valence electrons. The molecule has 7 heteroatoms. The lowest BCUT2D eigenvalue weighted by atomic mass is 10.2. The van der Waals surface area contributed by atoms with Gasteiger partial charge in [0.15, 0.2) is 0 Å². The fourth-order valence-electron chi connectivity index (χ4n) is 2.35. The Labute approximate surface area is 153 Å². The number of carbonyl (C=O) groups is 1. The highest BCUT2D eigenvalue weighted by Crippen LogP contribution is 2.26. The number of aromatic nitrogens is 3. The number of nitrogens with zero attached hydrogens (tertiary/aromatic N) is 4. The van der Waals surface area contributed by atoms with Gasteiger partial charge in [0.1, 0.15) is 5.01 Å². The Morgan fingerprint density at radius 3 is 2.96 bits per heavy atom. The van der Waals surface area contributed by atoms with E-state index in [2.05, 4.69) is 26.0 Å². The summed E-state index contributed by atoms with van der Waals surface area (Å²) in [4.78, 5) is 18.7. The van der Waals surface area contributed by atoms with Gasteiger partial charge in [-0.2, -0.15) is 5.10 Å². The molecule has 5 nitrogen and oxygen atoms in total. The second-order valence-corrected chi connectivity index (χ2v) is 7.38. The predicted molar refractivity (Wildman–Crippen MR) is 98.6 cm³/mol. The van der Waals surface area contributed by atoms with Crippen LogP contribution >= 0.6 is 27.3 Å². The van der Waals surface area contributed by atoms with Crippen LogP contribution in [0.5, 0.6) is 0 Å². The third kappa shape index (κ3) is 4.10. The van der Waals surface area contributed by atoms with Gasteiger partial charge in [0.25, 0.3) is 0 Å². The molecule has 2 heterocycles. The molecule has 1 amide bonds. The third-order valence-electron chi connectivity index (χ3n) is 3.56. The lowest BCUT2D eigenvalue weighted by Crippen LogP contribution is -2.27. The highest BCUT2D eigenvalue weighted by Gasteiger charge is 2.14. The number of rotatable bonds is 5. The molecule has 0 radical (unpaired) electrons. The lowest BCUT2D eigenvalue weighted by Gasteiger charge is -2.15. The number of likely N-dealkylation sites (N-methyl/N-ethyl adjacent to an activating group) is 1. The van der Waals surface area contributed by atoms with E-state index < -0.39 is 0 Å². The molecule has 0 saturated carbocycles. The van der Waals surface area contributed by atoms with E-state index in [9.17, 15) is 4.79 Å². The van der Waals surface area contributed by atoms with Crippen molar-refractivity contribution in [3.8, 4) is 10.6 Å². The standard InChI is InChI=1S/C17H17BrN4OS/c1-21(9-12-8-19-22(2)10-12)16(23)7-15-11-24-17(20-15)13-4-3-5-14(18)6-13/h3-6,8,10-11H,7,9H2,1-2H3. The summed E-state index contributed by atoms with van der Waals surface area (Å²) in [5.74, 6) is 0.0462. The minimum absolute atomic E-state index is 0.0462. The van der Waals surface area contributed by atoms with E-state index in [1.807, 2.05) is 42.9 Å². The van der Waals surface area contributed by atoms with Crippen LogP contribution in [0.1, 0.15) is 11.3 Å². The first-order valence-electron chi connectivity index (χ1n) is 7.43. The molecular weight excluding hydrogens is 388 g/mol. The molecule has 24 heavy (non-hydrogen) atoms. The molecule has 3 rings (SSSR count). The number of hydrogen-bond acceptors (Lipinski definition) is 4. The molecule has 1 aromatic carbocycles. The average molecular weight is 405 g/mol. The summed E-state index contributed by atoms with van der Waals surface area (Å²) in [5.41, 5.74) is 2.87. The van der Waals surface area contributed by atoms with E-state index in [1.165, 1.54) is 0 Å². The summed E-state index contributed by atoms with van der Waals surface area (Å²) >= 11 is 5.02. The highest BCUT2D eigenvalue weighted by molar-refractivity contribution is 9.10. The van der Waals surface area contributed by atoms with Crippen LogP contribution in [0.2, 0.25) is 0 Å². The van der Waals surface area contributed by atoms with Gasteiger partial charge in [-0.05, 0) is 12.1 Å². The zero-order chi connectivity index (χ0) is 17.1. The van der Waals surface area contributed by atoms with Crippen molar-refractivity contribution in [2.24, 2.45) is 7.05 Å². The first kappa shape index (κ1) is 16.9. The number of amides is 1. The predicted octanol–water partition coefficient (Wildman–Crippen LogP) is 3.51. The van der Waals surface area contributed by atoms with E-state index in [1.54, 1.807) is 34.2 Å². The van der Waals surface area contributed by atoms with Gasteiger partial charge in [0.2, 0.25) is 5.91 Å². The van der Waals surface area contributed by atoms with Crippen molar-refractivity contribution in [1.82, 2.24) is 19.7 Å². The fraction of sp³-hybridized carbons (Fsp3) is 0.235. The molecule has 0 spiro atoms. The summed E-state index contributed by atoms with van der Waals surface area (Å²) in [6.45, 7) is 0.551. The Hall–Kier alpha value is -1.99. The maximum Gasteiger partial charge on any atom is 0.228 e. The summed E-state index contributed by atoms with van der Waals surface area (Å²) in [5, 5.41) is 7.00. The van der Waals surface area contributed by atoms with Crippen molar-refractivity contribution < 1.29 is 4.79 Å². The molecular formula is C17H17BrN4OS. The molecule has 0 bridgehead atoms. The number of hydrogen-bond donors (Lipinski definition) is 0. The Bertz CT molecular complexity index is 858. The Kier molecular flexibility index (Phi) is 5.11. The zero-order valence-electron chi connectivity index (χ0n) is 13.4. The van der Waals surface area contributed by atoms with Crippen LogP contribution in [0.4, 0.5) is 0 Å². The van der Waals surface area contributed by atoms with E-state index in [0.29, 0.717) is 13.0 Å². The minimum atomic E-state index is 0.0462. The Morgan fingerprint density at radius 1 is 1.42 bits per heavy atom. The first-order valence-corrected chi connectivity index (χ1v) is 9.10. The lowest BCUT2D eigenvalue weighted by molar-refractivity contribution is -0.129. The Balaban J connectivity index is 1.64. The van der Waals surface area contributed by atoms with Crippen molar-refractivity contribution in [3.63, 3.8) is 0 Å². The quantitative estimate of drug-likeness (QED) is 0.653. The van der Waals surface area contributed by atoms with Crippen LogP contribution < -0.4 is 0 Å². The van der Waals surface area contributed by atoms with E-state index in [4.69, 9.17) is 0 Å². The Morgan fingerprint density at radius 2 is 2.25 bits per heavy atom. The van der Waals surface area contributed by atoms with Gasteiger partial charge in [-0.15, -0.1) is 11.3 Å². The normalized spacial score (nSPS) is 10.8. The van der Waals surface area contributed by atoms with Crippen molar-refractivity contribution in [2.75, 3.05) is 7.05 Å². The molecule has 0 atom stereocenters. The van der Waals surface area contributed by atoms with E-state index >= 15 is 0 Å². The number of thiazole rings is 1. The molecule has 0 unspecified atom stereocenters. The number of benzene rings is 1. The summed E-state index contributed by atoms with van der Waals surface area (Å²) in [6, 6.07) is 8.00. The SMILES string of the molecule is CN(Cc1cnn(C)c1)C(=O)Cc1csc(-c2cccc(Br)c2)n1. The fourth-order valence-corrected chi connectivity index (χ4v) is 3.56. The first-order chi connectivity index (χ1) is 11.5. The monoisotopic (exact) mass is 404 g/mol. The molecule has 3 aromatic rings. The van der Waals surface area contributed by atoms with Crippen molar-refractivity contribution >= 4 is 33.2 Å².